The largest absolute Gasteiger partial charge is 0.449 e. The molecule has 0 aromatic heterocycles. The van der Waals surface area contributed by atoms with Gasteiger partial charge in [-0.2, -0.15) is 8.78 Å². The lowest BCUT2D eigenvalue weighted by molar-refractivity contribution is 0.366. The number of hydrogen-bond acceptors (Lipinski definition) is 1. The van der Waals surface area contributed by atoms with Crippen LogP contribution in [0.5, 0.6) is 11.5 Å². The van der Waals surface area contributed by atoms with Crippen molar-refractivity contribution in [3.8, 4) is 11.5 Å². The van der Waals surface area contributed by atoms with Crippen LogP contribution < -0.4 is 4.74 Å². The third kappa shape index (κ3) is 2.53. The number of ether oxygens (including phenoxy) is 1. The van der Waals surface area contributed by atoms with Crippen molar-refractivity contribution < 1.29 is 26.7 Å². The van der Waals surface area contributed by atoms with Crippen LogP contribution in [0.1, 0.15) is 0 Å². The quantitative estimate of drug-likeness (QED) is 0.403. The minimum atomic E-state index is -1.75. The molecule has 0 atom stereocenters. The summed E-state index contributed by atoms with van der Waals surface area (Å²) in [7, 11) is 0. The Morgan fingerprint density at radius 3 is 1.85 bits per heavy atom. The molecule has 8 heteroatoms. The molecule has 0 spiro atoms. The van der Waals surface area contributed by atoms with E-state index < -0.39 is 50.6 Å². The second kappa shape index (κ2) is 5.46. The molecule has 0 saturated heterocycles. The van der Waals surface area contributed by atoms with E-state index in [1.165, 1.54) is 0 Å². The molecule has 0 aliphatic carbocycles. The van der Waals surface area contributed by atoms with Crippen molar-refractivity contribution in [2.24, 2.45) is 0 Å². The molecule has 2 rings (SSSR count). The van der Waals surface area contributed by atoms with Gasteiger partial charge in [-0.05, 0) is 12.1 Å². The highest BCUT2D eigenvalue weighted by Crippen LogP contribution is 2.38. The fourth-order valence-corrected chi connectivity index (χ4v) is 1.69. The summed E-state index contributed by atoms with van der Waals surface area (Å²) in [5.74, 6) is -9.49. The zero-order valence-corrected chi connectivity index (χ0v) is 10.8. The smallest absolute Gasteiger partial charge is 0.204 e. The summed E-state index contributed by atoms with van der Waals surface area (Å²) < 4.78 is 70.4. The van der Waals surface area contributed by atoms with Gasteiger partial charge in [-0.3, -0.25) is 0 Å². The summed E-state index contributed by atoms with van der Waals surface area (Å²) in [6.45, 7) is 0. The molecule has 0 amide bonds. The van der Waals surface area contributed by atoms with E-state index in [4.69, 9.17) is 23.2 Å². The predicted molar refractivity (Wildman–Crippen MR) is 62.8 cm³/mol. The van der Waals surface area contributed by atoms with Gasteiger partial charge in [0.05, 0.1) is 5.02 Å². The molecule has 106 valence electrons. The van der Waals surface area contributed by atoms with Crippen LogP contribution >= 0.6 is 23.2 Å². The van der Waals surface area contributed by atoms with Gasteiger partial charge in [0.15, 0.2) is 11.6 Å². The second-order valence-corrected chi connectivity index (χ2v) is 4.33. The molecule has 0 aliphatic rings. The van der Waals surface area contributed by atoms with Gasteiger partial charge in [-0.25, -0.2) is 13.2 Å². The van der Waals surface area contributed by atoms with Gasteiger partial charge in [0.25, 0.3) is 0 Å². The average molecular weight is 329 g/mol. The van der Waals surface area contributed by atoms with E-state index in [0.29, 0.717) is 0 Å². The number of halogens is 7. The molecule has 0 bridgehead atoms. The van der Waals surface area contributed by atoms with Crippen LogP contribution in [0.2, 0.25) is 10.0 Å². The van der Waals surface area contributed by atoms with Crippen LogP contribution in [0, 0.1) is 29.1 Å². The first-order valence-corrected chi connectivity index (χ1v) is 5.73. The second-order valence-electron chi connectivity index (χ2n) is 3.57. The predicted octanol–water partition coefficient (Wildman–Crippen LogP) is 5.48. The van der Waals surface area contributed by atoms with Crippen LogP contribution in [0.3, 0.4) is 0 Å². The minimum absolute atomic E-state index is 0.0246. The van der Waals surface area contributed by atoms with Crippen LogP contribution in [0.25, 0.3) is 0 Å². The molecule has 0 aliphatic heterocycles. The molecule has 20 heavy (non-hydrogen) atoms. The average Bonchev–Trinajstić information content (AvgIpc) is 2.41. The third-order valence-electron chi connectivity index (χ3n) is 2.28. The van der Waals surface area contributed by atoms with Crippen molar-refractivity contribution in [1.82, 2.24) is 0 Å². The summed E-state index contributed by atoms with van der Waals surface area (Å²) >= 11 is 11.1. The molecular formula is C12H3Cl2F5O. The van der Waals surface area contributed by atoms with E-state index >= 15 is 0 Å². The molecule has 0 N–H and O–H groups in total. The lowest BCUT2D eigenvalue weighted by atomic mass is 10.3. The Labute approximate surface area is 119 Å². The van der Waals surface area contributed by atoms with Crippen LogP contribution in [0.15, 0.2) is 18.2 Å². The maximum absolute atomic E-state index is 13.4. The molecule has 1 nitrogen and oxygen atoms in total. The maximum atomic E-state index is 13.4. The first kappa shape index (κ1) is 14.9. The zero-order valence-electron chi connectivity index (χ0n) is 9.29. The highest BCUT2D eigenvalue weighted by atomic mass is 35.5. The van der Waals surface area contributed by atoms with Crippen molar-refractivity contribution in [2.75, 3.05) is 0 Å². The molecule has 2 aromatic carbocycles. The molecule has 0 saturated carbocycles. The van der Waals surface area contributed by atoms with E-state index in [2.05, 4.69) is 4.74 Å². The van der Waals surface area contributed by atoms with Crippen molar-refractivity contribution in [1.29, 1.82) is 0 Å². The number of hydrogen-bond donors (Lipinski definition) is 0. The third-order valence-corrected chi connectivity index (χ3v) is 3.12. The van der Waals surface area contributed by atoms with E-state index in [0.717, 1.165) is 12.1 Å². The first-order chi connectivity index (χ1) is 9.32. The van der Waals surface area contributed by atoms with Gasteiger partial charge in [0.2, 0.25) is 17.4 Å². The first-order valence-electron chi connectivity index (χ1n) is 4.97. The summed E-state index contributed by atoms with van der Waals surface area (Å²) in [6, 6.07) is 1.75. The molecule has 0 radical (unpaired) electrons. The lowest BCUT2D eigenvalue weighted by Crippen LogP contribution is -2.00. The summed E-state index contributed by atoms with van der Waals surface area (Å²) in [6.07, 6.45) is 0. The topological polar surface area (TPSA) is 9.23 Å². The Balaban J connectivity index is 2.54. The van der Waals surface area contributed by atoms with E-state index in [1.807, 2.05) is 0 Å². The van der Waals surface area contributed by atoms with Gasteiger partial charge >= 0.3 is 0 Å². The Hall–Kier alpha value is -1.53. The van der Waals surface area contributed by atoms with E-state index in [1.54, 1.807) is 0 Å². The Bertz CT molecular complexity index is 664. The highest BCUT2D eigenvalue weighted by molar-refractivity contribution is 6.43. The van der Waals surface area contributed by atoms with E-state index in [9.17, 15) is 22.0 Å². The van der Waals surface area contributed by atoms with Crippen molar-refractivity contribution in [3.05, 3.63) is 57.3 Å². The number of benzene rings is 2. The fourth-order valence-electron chi connectivity index (χ4n) is 1.34. The summed E-state index contributed by atoms with van der Waals surface area (Å²) in [4.78, 5) is 0. The Morgan fingerprint density at radius 2 is 1.30 bits per heavy atom. The zero-order chi connectivity index (χ0) is 15.0. The number of rotatable bonds is 2. The lowest BCUT2D eigenvalue weighted by Gasteiger charge is -2.11. The summed E-state index contributed by atoms with van der Waals surface area (Å²) in [5, 5.41) is -1.04. The standard InChI is InChI=1S/C12H3Cl2F5O/c13-8-4(15)1-2-7(9(8)14)20-12-10(18)5(16)3-6(17)11(12)19/h1-3H. The molecular weight excluding hydrogens is 326 g/mol. The monoisotopic (exact) mass is 328 g/mol. The van der Waals surface area contributed by atoms with Gasteiger partial charge in [0.1, 0.15) is 16.6 Å². The molecule has 0 heterocycles. The maximum Gasteiger partial charge on any atom is 0.204 e. The molecule has 0 fully saturated rings. The van der Waals surface area contributed by atoms with Gasteiger partial charge in [-0.1, -0.05) is 23.2 Å². The van der Waals surface area contributed by atoms with Gasteiger partial charge < -0.3 is 4.74 Å². The Morgan fingerprint density at radius 1 is 0.750 bits per heavy atom. The van der Waals surface area contributed by atoms with Crippen LogP contribution in [-0.4, -0.2) is 0 Å². The fraction of sp³-hybridized carbons (Fsp3) is 0. The van der Waals surface area contributed by atoms with Gasteiger partial charge in [-0.15, -0.1) is 0 Å². The summed E-state index contributed by atoms with van der Waals surface area (Å²) in [5.41, 5.74) is 0. The molecule has 2 aromatic rings. The SMILES string of the molecule is Fc1cc(F)c(F)c(Oc2ccc(F)c(Cl)c2Cl)c1F. The van der Waals surface area contributed by atoms with Crippen molar-refractivity contribution >= 4 is 23.2 Å². The minimum Gasteiger partial charge on any atom is -0.449 e. The van der Waals surface area contributed by atoms with Crippen molar-refractivity contribution in [2.45, 2.75) is 0 Å². The van der Waals surface area contributed by atoms with Gasteiger partial charge in [0, 0.05) is 6.07 Å². The highest BCUT2D eigenvalue weighted by Gasteiger charge is 2.22. The van der Waals surface area contributed by atoms with Crippen molar-refractivity contribution in [3.63, 3.8) is 0 Å². The molecule has 0 unspecified atom stereocenters. The van der Waals surface area contributed by atoms with Crippen LogP contribution in [0.4, 0.5) is 22.0 Å². The normalized spacial score (nSPS) is 10.8. The van der Waals surface area contributed by atoms with Crippen LogP contribution in [-0.2, 0) is 0 Å². The Kier molecular flexibility index (Phi) is 4.06. The van der Waals surface area contributed by atoms with E-state index in [-0.39, 0.29) is 6.07 Å².